The highest BCUT2D eigenvalue weighted by atomic mass is 127. The monoisotopic (exact) mass is 435 g/mol. The van der Waals surface area contributed by atoms with Gasteiger partial charge in [-0.25, -0.2) is 0 Å². The lowest BCUT2D eigenvalue weighted by atomic mass is 10.3. The largest absolute Gasteiger partial charge is 0.479 e. The van der Waals surface area contributed by atoms with Crippen LogP contribution in [0.2, 0.25) is 10.0 Å². The Labute approximate surface area is 146 Å². The summed E-state index contributed by atoms with van der Waals surface area (Å²) in [5.41, 5.74) is 0.726. The SMILES string of the molecule is CC(Oc1ccc(Cl)cc1Cl)C(=O)Nc1cccc(I)c1. The fraction of sp³-hybridized carbons (Fsp3) is 0.133. The zero-order valence-corrected chi connectivity index (χ0v) is 14.7. The smallest absolute Gasteiger partial charge is 0.265 e. The predicted octanol–water partition coefficient (Wildman–Crippen LogP) is 5.00. The fourth-order valence-corrected chi connectivity index (χ4v) is 2.62. The van der Waals surface area contributed by atoms with E-state index >= 15 is 0 Å². The lowest BCUT2D eigenvalue weighted by Crippen LogP contribution is -2.30. The second-order valence-corrected chi connectivity index (χ2v) is 6.42. The first-order chi connectivity index (χ1) is 9.95. The minimum Gasteiger partial charge on any atom is -0.479 e. The van der Waals surface area contributed by atoms with Crippen molar-refractivity contribution in [3.8, 4) is 5.75 Å². The second-order valence-electron chi connectivity index (χ2n) is 4.33. The normalized spacial score (nSPS) is 11.8. The number of hydrogen-bond donors (Lipinski definition) is 1. The van der Waals surface area contributed by atoms with E-state index in [0.29, 0.717) is 15.8 Å². The van der Waals surface area contributed by atoms with E-state index in [1.165, 1.54) is 0 Å². The molecule has 0 aliphatic carbocycles. The number of rotatable bonds is 4. The Morgan fingerprint density at radius 3 is 2.67 bits per heavy atom. The molecule has 2 aromatic carbocycles. The number of anilines is 1. The standard InChI is InChI=1S/C15H12Cl2INO2/c1-9(21-14-6-5-10(16)7-13(14)17)15(20)19-12-4-2-3-11(18)8-12/h2-9H,1H3,(H,19,20). The number of ether oxygens (including phenoxy) is 1. The summed E-state index contributed by atoms with van der Waals surface area (Å²) in [6.07, 6.45) is -0.679. The molecule has 21 heavy (non-hydrogen) atoms. The van der Waals surface area contributed by atoms with E-state index in [0.717, 1.165) is 9.26 Å². The van der Waals surface area contributed by atoms with Gasteiger partial charge in [0.05, 0.1) is 5.02 Å². The molecule has 0 radical (unpaired) electrons. The van der Waals surface area contributed by atoms with Crippen molar-refractivity contribution in [2.24, 2.45) is 0 Å². The highest BCUT2D eigenvalue weighted by molar-refractivity contribution is 14.1. The number of carbonyl (C=O) groups is 1. The maximum atomic E-state index is 12.1. The lowest BCUT2D eigenvalue weighted by Gasteiger charge is -2.16. The topological polar surface area (TPSA) is 38.3 Å². The van der Waals surface area contributed by atoms with Crippen molar-refractivity contribution >= 4 is 57.4 Å². The van der Waals surface area contributed by atoms with Crippen LogP contribution in [-0.2, 0) is 4.79 Å². The van der Waals surface area contributed by atoms with Gasteiger partial charge in [-0.05, 0) is 65.9 Å². The molecule has 2 aromatic rings. The zero-order chi connectivity index (χ0) is 15.4. The van der Waals surface area contributed by atoms with Gasteiger partial charge in [0.25, 0.3) is 5.91 Å². The average molecular weight is 436 g/mol. The molecule has 1 amide bonds. The molecule has 0 spiro atoms. The van der Waals surface area contributed by atoms with E-state index in [-0.39, 0.29) is 5.91 Å². The van der Waals surface area contributed by atoms with E-state index in [1.807, 2.05) is 24.3 Å². The number of carbonyl (C=O) groups excluding carboxylic acids is 1. The van der Waals surface area contributed by atoms with Crippen molar-refractivity contribution < 1.29 is 9.53 Å². The van der Waals surface area contributed by atoms with Gasteiger partial charge in [0.1, 0.15) is 5.75 Å². The molecule has 0 aromatic heterocycles. The predicted molar refractivity (Wildman–Crippen MR) is 94.3 cm³/mol. The summed E-state index contributed by atoms with van der Waals surface area (Å²) in [6.45, 7) is 1.66. The number of halogens is 3. The Morgan fingerprint density at radius 2 is 2.00 bits per heavy atom. The van der Waals surface area contributed by atoms with Gasteiger partial charge >= 0.3 is 0 Å². The molecule has 0 saturated carbocycles. The Morgan fingerprint density at radius 1 is 1.24 bits per heavy atom. The molecule has 6 heteroatoms. The molecule has 0 bridgehead atoms. The summed E-state index contributed by atoms with van der Waals surface area (Å²) in [7, 11) is 0. The Kier molecular flexibility index (Phi) is 5.72. The van der Waals surface area contributed by atoms with Crippen LogP contribution >= 0.6 is 45.8 Å². The maximum Gasteiger partial charge on any atom is 0.265 e. The third-order valence-corrected chi connectivity index (χ3v) is 3.86. The highest BCUT2D eigenvalue weighted by Gasteiger charge is 2.16. The molecule has 0 heterocycles. The molecule has 3 nitrogen and oxygen atoms in total. The van der Waals surface area contributed by atoms with Gasteiger partial charge in [-0.1, -0.05) is 29.3 Å². The molecule has 0 aliphatic heterocycles. The van der Waals surface area contributed by atoms with Gasteiger partial charge in [0, 0.05) is 14.3 Å². The van der Waals surface area contributed by atoms with Crippen molar-refractivity contribution in [1.29, 1.82) is 0 Å². The number of hydrogen-bond acceptors (Lipinski definition) is 2. The van der Waals surface area contributed by atoms with E-state index < -0.39 is 6.10 Å². The Balaban J connectivity index is 2.02. The number of benzene rings is 2. The van der Waals surface area contributed by atoms with Crippen LogP contribution in [0.15, 0.2) is 42.5 Å². The second kappa shape index (κ2) is 7.33. The van der Waals surface area contributed by atoms with Crippen LogP contribution in [0.4, 0.5) is 5.69 Å². The van der Waals surface area contributed by atoms with Crippen molar-refractivity contribution in [2.75, 3.05) is 5.32 Å². The van der Waals surface area contributed by atoms with Gasteiger partial charge in [-0.15, -0.1) is 0 Å². The summed E-state index contributed by atoms with van der Waals surface area (Å²) in [6, 6.07) is 12.4. The molecule has 0 aliphatic rings. The third-order valence-electron chi connectivity index (χ3n) is 2.66. The average Bonchev–Trinajstić information content (AvgIpc) is 2.41. The first kappa shape index (κ1) is 16.4. The molecule has 0 fully saturated rings. The molecular formula is C15H12Cl2INO2. The van der Waals surface area contributed by atoms with Gasteiger partial charge in [0.15, 0.2) is 6.10 Å². The summed E-state index contributed by atoms with van der Waals surface area (Å²) in [5, 5.41) is 3.68. The minimum absolute atomic E-state index is 0.247. The lowest BCUT2D eigenvalue weighted by molar-refractivity contribution is -0.122. The van der Waals surface area contributed by atoms with Crippen molar-refractivity contribution in [2.45, 2.75) is 13.0 Å². The fourth-order valence-electron chi connectivity index (χ4n) is 1.62. The number of amides is 1. The van der Waals surface area contributed by atoms with Crippen LogP contribution in [0, 0.1) is 3.57 Å². The van der Waals surface area contributed by atoms with Crippen LogP contribution in [-0.4, -0.2) is 12.0 Å². The third kappa shape index (κ3) is 4.76. The van der Waals surface area contributed by atoms with Crippen LogP contribution < -0.4 is 10.1 Å². The molecule has 1 N–H and O–H groups in total. The van der Waals surface area contributed by atoms with Gasteiger partial charge < -0.3 is 10.1 Å². The molecular weight excluding hydrogens is 424 g/mol. The summed E-state index contributed by atoms with van der Waals surface area (Å²) < 4.78 is 6.60. The van der Waals surface area contributed by atoms with Crippen LogP contribution in [0.1, 0.15) is 6.92 Å². The van der Waals surface area contributed by atoms with E-state index in [9.17, 15) is 4.79 Å². The van der Waals surface area contributed by atoms with Crippen LogP contribution in [0.5, 0.6) is 5.75 Å². The van der Waals surface area contributed by atoms with Crippen molar-refractivity contribution in [1.82, 2.24) is 0 Å². The molecule has 1 unspecified atom stereocenters. The first-order valence-corrected chi connectivity index (χ1v) is 7.97. The molecule has 1 atom stereocenters. The number of nitrogens with one attached hydrogen (secondary N) is 1. The van der Waals surface area contributed by atoms with Crippen molar-refractivity contribution in [3.05, 3.63) is 56.1 Å². The zero-order valence-electron chi connectivity index (χ0n) is 11.1. The molecule has 2 rings (SSSR count). The Bertz CT molecular complexity index is 664. The first-order valence-electron chi connectivity index (χ1n) is 6.14. The van der Waals surface area contributed by atoms with Gasteiger partial charge in [0.2, 0.25) is 0 Å². The van der Waals surface area contributed by atoms with E-state index in [1.54, 1.807) is 25.1 Å². The van der Waals surface area contributed by atoms with Gasteiger partial charge in [-0.2, -0.15) is 0 Å². The maximum absolute atomic E-state index is 12.1. The summed E-state index contributed by atoms with van der Waals surface area (Å²) in [4.78, 5) is 12.1. The quantitative estimate of drug-likeness (QED) is 0.686. The summed E-state index contributed by atoms with van der Waals surface area (Å²) >= 11 is 14.0. The Hall–Kier alpha value is -0.980. The summed E-state index contributed by atoms with van der Waals surface area (Å²) in [5.74, 6) is 0.175. The molecule has 0 saturated heterocycles. The van der Waals surface area contributed by atoms with Crippen LogP contribution in [0.25, 0.3) is 0 Å². The minimum atomic E-state index is -0.679. The highest BCUT2D eigenvalue weighted by Crippen LogP contribution is 2.28. The van der Waals surface area contributed by atoms with Crippen molar-refractivity contribution in [3.63, 3.8) is 0 Å². The van der Waals surface area contributed by atoms with Gasteiger partial charge in [-0.3, -0.25) is 4.79 Å². The van der Waals surface area contributed by atoms with Crippen LogP contribution in [0.3, 0.4) is 0 Å². The van der Waals surface area contributed by atoms with E-state index in [4.69, 9.17) is 27.9 Å². The van der Waals surface area contributed by atoms with E-state index in [2.05, 4.69) is 27.9 Å². The molecule has 110 valence electrons.